The van der Waals surface area contributed by atoms with E-state index in [-0.39, 0.29) is 64.0 Å². The van der Waals surface area contributed by atoms with Crippen molar-refractivity contribution in [2.75, 3.05) is 7.11 Å². The Kier molecular flexibility index (Phi) is 11.2. The third kappa shape index (κ3) is 8.07. The van der Waals surface area contributed by atoms with Crippen LogP contribution in [0.15, 0.2) is 58.4 Å². The number of Topliss-reactive ketones (excluding diaryl/α,β-unsaturated/α-hetero) is 2. The van der Waals surface area contributed by atoms with Crippen molar-refractivity contribution in [2.45, 2.75) is 66.7 Å². The van der Waals surface area contributed by atoms with Crippen LogP contribution in [-0.2, 0) is 26.2 Å². The molecule has 12 nitrogen and oxygen atoms in total. The lowest BCUT2D eigenvalue weighted by Gasteiger charge is -2.32. The number of hydrogen-bond donors (Lipinski definition) is 3. The third-order valence-electron chi connectivity index (χ3n) is 9.71. The lowest BCUT2D eigenvalue weighted by molar-refractivity contribution is 0.0764. The van der Waals surface area contributed by atoms with Gasteiger partial charge in [-0.05, 0) is 25.0 Å². The Hall–Kier alpha value is -6.06. The zero-order valence-electron chi connectivity index (χ0n) is 30.6. The Bertz CT molecular complexity index is 2370. The van der Waals surface area contributed by atoms with Crippen molar-refractivity contribution < 1.29 is 46.6 Å². The zero-order chi connectivity index (χ0) is 40.6. The number of ether oxygens (including phenoxy) is 1. The first-order chi connectivity index (χ1) is 25.8. The van der Waals surface area contributed by atoms with Crippen molar-refractivity contribution >= 4 is 23.4 Å². The number of benzene rings is 2. The van der Waals surface area contributed by atoms with Gasteiger partial charge in [-0.2, -0.15) is 0 Å². The van der Waals surface area contributed by atoms with Gasteiger partial charge in [0.1, 0.15) is 45.8 Å². The molecule has 290 valence electrons. The largest absolute Gasteiger partial charge is 0.503 e. The SMILES string of the molecule is CC1(C)CCn2cc(C(=O)NCc3ccc(F)cc3F)c(=O)c(O)c2C1=O.COc1c2n(cc(C(=O)NCc3ccc(F)cc3F)c1=O)CCC(C)(C)C2=O. The minimum atomic E-state index is -0.968. The van der Waals surface area contributed by atoms with E-state index in [9.17, 15) is 51.4 Å². The molecule has 2 aliphatic heterocycles. The van der Waals surface area contributed by atoms with Gasteiger partial charge < -0.3 is 29.6 Å². The number of nitrogens with zero attached hydrogens (tertiary/aromatic N) is 2. The Morgan fingerprint density at radius 3 is 1.56 bits per heavy atom. The van der Waals surface area contributed by atoms with E-state index >= 15 is 0 Å². The van der Waals surface area contributed by atoms with Crippen molar-refractivity contribution in [1.29, 1.82) is 0 Å². The van der Waals surface area contributed by atoms with Crippen LogP contribution in [-0.4, -0.2) is 44.7 Å². The maximum atomic E-state index is 13.7. The maximum Gasteiger partial charge on any atom is 0.257 e. The summed E-state index contributed by atoms with van der Waals surface area (Å²) in [5.41, 5.74) is -3.44. The summed E-state index contributed by atoms with van der Waals surface area (Å²) in [6, 6.07) is 5.93. The van der Waals surface area contributed by atoms with Crippen LogP contribution in [0.2, 0.25) is 0 Å². The van der Waals surface area contributed by atoms with Gasteiger partial charge in [-0.3, -0.25) is 28.8 Å². The van der Waals surface area contributed by atoms with E-state index in [1.165, 1.54) is 36.2 Å². The van der Waals surface area contributed by atoms with Crippen LogP contribution in [0.4, 0.5) is 17.6 Å². The van der Waals surface area contributed by atoms with Gasteiger partial charge in [0, 0.05) is 72.7 Å². The molecule has 6 rings (SSSR count). The van der Waals surface area contributed by atoms with Gasteiger partial charge in [0.2, 0.25) is 10.9 Å². The van der Waals surface area contributed by atoms with E-state index in [1.807, 2.05) is 0 Å². The van der Waals surface area contributed by atoms with E-state index in [2.05, 4.69) is 10.6 Å². The van der Waals surface area contributed by atoms with Crippen molar-refractivity contribution in [3.63, 3.8) is 0 Å². The number of amides is 2. The van der Waals surface area contributed by atoms with E-state index in [4.69, 9.17) is 4.74 Å². The molecule has 0 aliphatic carbocycles. The van der Waals surface area contributed by atoms with Crippen molar-refractivity contribution in [3.05, 3.63) is 126 Å². The molecule has 0 bridgehead atoms. The number of nitrogens with one attached hydrogen (secondary N) is 2. The molecule has 0 saturated carbocycles. The molecule has 0 spiro atoms. The van der Waals surface area contributed by atoms with E-state index in [0.29, 0.717) is 38.1 Å². The number of carbonyl (C=O) groups excluding carboxylic acids is 4. The Morgan fingerprint density at radius 2 is 1.13 bits per heavy atom. The van der Waals surface area contributed by atoms with Gasteiger partial charge in [-0.1, -0.05) is 39.8 Å². The molecule has 0 atom stereocenters. The summed E-state index contributed by atoms with van der Waals surface area (Å²) in [4.78, 5) is 75.1. The average Bonchev–Trinajstić information content (AvgIpc) is 3.12. The number of carbonyl (C=O) groups is 4. The van der Waals surface area contributed by atoms with Crippen molar-refractivity contribution in [3.8, 4) is 11.5 Å². The number of aromatic hydroxyl groups is 1. The molecule has 0 unspecified atom stereocenters. The predicted octanol–water partition coefficient (Wildman–Crippen LogP) is 5.05. The Balaban J connectivity index is 0.000000211. The van der Waals surface area contributed by atoms with Gasteiger partial charge in [0.15, 0.2) is 23.1 Å². The second-order valence-electron chi connectivity index (χ2n) is 14.5. The molecular formula is C39H38F4N4O8. The summed E-state index contributed by atoms with van der Waals surface area (Å²) in [7, 11) is 1.27. The molecule has 0 saturated heterocycles. The standard InChI is InChI=1S/C20H20F2N2O4.C19H18F2N2O4/c1-20(2)6-7-24-10-13(16(25)17(28-3)15(24)18(20)26)19(27)23-9-11-4-5-12(21)8-14(11)22;1-19(2)5-6-23-9-12(15(24)16(25)14(23)17(19)26)18(27)22-8-10-3-4-11(20)7-13(10)21/h4-5,8,10H,6-7,9H2,1-3H3,(H,23,27);3-4,7,9,25H,5-6,8H2,1-2H3,(H,22,27). The van der Waals surface area contributed by atoms with Crippen LogP contribution in [0.5, 0.6) is 11.5 Å². The predicted molar refractivity (Wildman–Crippen MR) is 190 cm³/mol. The lowest BCUT2D eigenvalue weighted by atomic mass is 9.80. The quantitative estimate of drug-likeness (QED) is 0.220. The lowest BCUT2D eigenvalue weighted by Crippen LogP contribution is -2.38. The number of methoxy groups -OCH3 is 1. The minimum Gasteiger partial charge on any atom is -0.503 e. The highest BCUT2D eigenvalue weighted by Crippen LogP contribution is 2.35. The molecule has 2 aromatic carbocycles. The van der Waals surface area contributed by atoms with Gasteiger partial charge in [-0.25, -0.2) is 17.6 Å². The normalized spacial score (nSPS) is 15.2. The topological polar surface area (TPSA) is 166 Å². The highest BCUT2D eigenvalue weighted by Gasteiger charge is 2.39. The van der Waals surface area contributed by atoms with Crippen LogP contribution >= 0.6 is 0 Å². The second kappa shape index (κ2) is 15.4. The molecule has 0 radical (unpaired) electrons. The number of rotatable bonds is 7. The second-order valence-corrected chi connectivity index (χ2v) is 14.5. The molecule has 16 heteroatoms. The Labute approximate surface area is 311 Å². The fraction of sp³-hybridized carbons (Fsp3) is 0.333. The molecule has 2 aliphatic rings. The molecular weight excluding hydrogens is 728 g/mol. The number of hydrogen-bond acceptors (Lipinski definition) is 8. The van der Waals surface area contributed by atoms with Crippen LogP contribution < -0.4 is 26.2 Å². The van der Waals surface area contributed by atoms with Gasteiger partial charge >= 0.3 is 0 Å². The minimum absolute atomic E-state index is 0.0453. The van der Waals surface area contributed by atoms with Gasteiger partial charge in [0.05, 0.1) is 7.11 Å². The Morgan fingerprint density at radius 1 is 0.709 bits per heavy atom. The van der Waals surface area contributed by atoms with Crippen LogP contribution in [0.1, 0.15) is 93.4 Å². The van der Waals surface area contributed by atoms with Crippen LogP contribution in [0, 0.1) is 34.1 Å². The first-order valence-electron chi connectivity index (χ1n) is 17.1. The summed E-state index contributed by atoms with van der Waals surface area (Å²) in [5.74, 6) is -6.21. The summed E-state index contributed by atoms with van der Waals surface area (Å²) < 4.78 is 61.4. The van der Waals surface area contributed by atoms with Gasteiger partial charge in [-0.15, -0.1) is 0 Å². The fourth-order valence-electron chi connectivity index (χ4n) is 6.17. The van der Waals surface area contributed by atoms with E-state index < -0.39 is 62.5 Å². The highest BCUT2D eigenvalue weighted by atomic mass is 19.1. The third-order valence-corrected chi connectivity index (χ3v) is 9.71. The monoisotopic (exact) mass is 766 g/mol. The summed E-state index contributed by atoms with van der Waals surface area (Å²) in [5, 5.41) is 15.0. The van der Waals surface area contributed by atoms with E-state index in [1.54, 1.807) is 32.3 Å². The highest BCUT2D eigenvalue weighted by molar-refractivity contribution is 6.04. The number of ketones is 2. The molecule has 4 aromatic rings. The summed E-state index contributed by atoms with van der Waals surface area (Å²) in [6.07, 6.45) is 3.58. The maximum absolute atomic E-state index is 13.7. The first-order valence-corrected chi connectivity index (χ1v) is 17.1. The molecule has 4 heterocycles. The number of aromatic nitrogens is 2. The van der Waals surface area contributed by atoms with Crippen LogP contribution in [0.3, 0.4) is 0 Å². The molecule has 55 heavy (non-hydrogen) atoms. The van der Waals surface area contributed by atoms with Crippen molar-refractivity contribution in [2.24, 2.45) is 10.8 Å². The zero-order valence-corrected chi connectivity index (χ0v) is 30.6. The summed E-state index contributed by atoms with van der Waals surface area (Å²) >= 11 is 0. The van der Waals surface area contributed by atoms with E-state index in [0.717, 1.165) is 12.1 Å². The first kappa shape index (κ1) is 40.1. The molecule has 2 amide bonds. The number of fused-ring (bicyclic) bond motifs is 2. The number of halogens is 4. The molecule has 2 aromatic heterocycles. The average molecular weight is 767 g/mol. The molecule has 3 N–H and O–H groups in total. The number of aryl methyl sites for hydroxylation is 2. The van der Waals surface area contributed by atoms with Crippen LogP contribution in [0.25, 0.3) is 0 Å². The smallest absolute Gasteiger partial charge is 0.257 e. The molecule has 0 fully saturated rings. The fourth-order valence-corrected chi connectivity index (χ4v) is 6.17. The van der Waals surface area contributed by atoms with Crippen molar-refractivity contribution in [1.82, 2.24) is 19.8 Å². The summed E-state index contributed by atoms with van der Waals surface area (Å²) in [6.45, 7) is 7.34. The van der Waals surface area contributed by atoms with Gasteiger partial charge in [0.25, 0.3) is 11.8 Å². The number of pyridine rings is 2.